The fraction of sp³-hybridized carbons (Fsp3) is 0.588. The van der Waals surface area contributed by atoms with Gasteiger partial charge in [-0.25, -0.2) is 13.1 Å². The summed E-state index contributed by atoms with van der Waals surface area (Å²) in [5, 5.41) is 0. The van der Waals surface area contributed by atoms with Crippen molar-refractivity contribution in [2.75, 3.05) is 33.6 Å². The van der Waals surface area contributed by atoms with Gasteiger partial charge in [-0.05, 0) is 37.0 Å². The smallest absolute Gasteiger partial charge is 0.222 e. The van der Waals surface area contributed by atoms with E-state index in [4.69, 9.17) is 9.47 Å². The molecule has 1 heterocycles. The third kappa shape index (κ3) is 5.89. The zero-order valence-corrected chi connectivity index (χ0v) is 15.8. The number of carbonyl (C=O) groups excluding carboxylic acids is 1. The van der Waals surface area contributed by atoms with Crippen LogP contribution in [0, 0.1) is 0 Å². The van der Waals surface area contributed by atoms with Crippen LogP contribution < -0.4 is 14.2 Å². The lowest BCUT2D eigenvalue weighted by Gasteiger charge is -2.32. The van der Waals surface area contributed by atoms with Gasteiger partial charge in [0.15, 0.2) is 11.5 Å². The Morgan fingerprint density at radius 2 is 1.84 bits per heavy atom. The molecule has 0 atom stereocenters. The summed E-state index contributed by atoms with van der Waals surface area (Å²) in [5.41, 5.74) is 1.01. The van der Waals surface area contributed by atoms with Crippen LogP contribution in [0.4, 0.5) is 0 Å². The number of ether oxygens (including phenoxy) is 2. The number of amides is 1. The highest BCUT2D eigenvalue weighted by Gasteiger charge is 2.24. The average molecular weight is 370 g/mol. The molecule has 7 nitrogen and oxygen atoms in total. The van der Waals surface area contributed by atoms with E-state index in [0.717, 1.165) is 11.8 Å². The second-order valence-corrected chi connectivity index (χ2v) is 8.01. The van der Waals surface area contributed by atoms with Crippen molar-refractivity contribution in [3.63, 3.8) is 0 Å². The van der Waals surface area contributed by atoms with Gasteiger partial charge in [0.25, 0.3) is 0 Å². The molecular weight excluding hydrogens is 344 g/mol. The van der Waals surface area contributed by atoms with Crippen LogP contribution in [0.15, 0.2) is 18.2 Å². The van der Waals surface area contributed by atoms with E-state index in [9.17, 15) is 13.2 Å². The average Bonchev–Trinajstić information content (AvgIpc) is 2.58. The highest BCUT2D eigenvalue weighted by Crippen LogP contribution is 2.28. The van der Waals surface area contributed by atoms with Gasteiger partial charge < -0.3 is 14.4 Å². The fourth-order valence-electron chi connectivity index (χ4n) is 3.00. The number of benzene rings is 1. The van der Waals surface area contributed by atoms with Crippen LogP contribution in [-0.2, 0) is 21.2 Å². The maximum Gasteiger partial charge on any atom is 0.222 e. The van der Waals surface area contributed by atoms with Crippen LogP contribution in [-0.4, -0.2) is 58.8 Å². The second-order valence-electron chi connectivity index (χ2n) is 6.23. The van der Waals surface area contributed by atoms with Gasteiger partial charge >= 0.3 is 0 Å². The Labute approximate surface area is 149 Å². The summed E-state index contributed by atoms with van der Waals surface area (Å²) >= 11 is 0. The molecule has 25 heavy (non-hydrogen) atoms. The lowest BCUT2D eigenvalue weighted by atomic mass is 10.0. The molecule has 0 saturated carbocycles. The number of methoxy groups -OCH3 is 2. The highest BCUT2D eigenvalue weighted by molar-refractivity contribution is 7.88. The number of nitrogens with zero attached hydrogens (tertiary/aromatic N) is 1. The van der Waals surface area contributed by atoms with Crippen molar-refractivity contribution in [1.82, 2.24) is 9.62 Å². The Kier molecular flexibility index (Phi) is 6.66. The minimum atomic E-state index is -3.20. The normalized spacial score (nSPS) is 15.9. The Morgan fingerprint density at radius 1 is 1.20 bits per heavy atom. The van der Waals surface area contributed by atoms with Crippen molar-refractivity contribution < 1.29 is 22.7 Å². The Balaban J connectivity index is 1.83. The third-order valence-electron chi connectivity index (χ3n) is 4.30. The largest absolute Gasteiger partial charge is 0.493 e. The summed E-state index contributed by atoms with van der Waals surface area (Å²) in [6.45, 7) is 1.16. The molecule has 0 radical (unpaired) electrons. The SMILES string of the molecule is COc1ccc(CCC(=O)N2CCC(NS(C)(=O)=O)CC2)cc1OC. The van der Waals surface area contributed by atoms with Gasteiger partial charge in [0.1, 0.15) is 0 Å². The third-order valence-corrected chi connectivity index (χ3v) is 5.07. The molecule has 0 aromatic heterocycles. The zero-order valence-electron chi connectivity index (χ0n) is 14.9. The first kappa shape index (κ1) is 19.5. The molecule has 1 aliphatic heterocycles. The van der Waals surface area contributed by atoms with E-state index in [-0.39, 0.29) is 11.9 Å². The number of rotatable bonds is 7. The van der Waals surface area contributed by atoms with Gasteiger partial charge in [0, 0.05) is 25.6 Å². The summed E-state index contributed by atoms with van der Waals surface area (Å²) in [5.74, 6) is 1.41. The first-order valence-corrected chi connectivity index (χ1v) is 10.2. The number of carbonyl (C=O) groups is 1. The molecule has 1 aliphatic rings. The van der Waals surface area contributed by atoms with E-state index in [0.29, 0.717) is 50.3 Å². The Bertz CT molecular complexity index is 697. The maximum atomic E-state index is 12.4. The number of nitrogens with one attached hydrogen (secondary N) is 1. The van der Waals surface area contributed by atoms with E-state index < -0.39 is 10.0 Å². The van der Waals surface area contributed by atoms with Crippen molar-refractivity contribution in [2.45, 2.75) is 31.7 Å². The van der Waals surface area contributed by atoms with E-state index in [1.165, 1.54) is 0 Å². The predicted octanol–water partition coefficient (Wildman–Crippen LogP) is 1.18. The van der Waals surface area contributed by atoms with Gasteiger partial charge in [-0.3, -0.25) is 4.79 Å². The molecule has 0 spiro atoms. The number of aryl methyl sites for hydroxylation is 1. The number of hydrogen-bond acceptors (Lipinski definition) is 5. The molecule has 1 aromatic rings. The van der Waals surface area contributed by atoms with E-state index in [1.54, 1.807) is 19.1 Å². The van der Waals surface area contributed by atoms with Crippen molar-refractivity contribution in [3.05, 3.63) is 23.8 Å². The molecule has 8 heteroatoms. The molecular formula is C17H26N2O5S. The summed E-state index contributed by atoms with van der Waals surface area (Å²) in [7, 11) is -0.0243. The summed E-state index contributed by atoms with van der Waals surface area (Å²) in [4.78, 5) is 14.2. The minimum Gasteiger partial charge on any atom is -0.493 e. The molecule has 1 N–H and O–H groups in total. The summed E-state index contributed by atoms with van der Waals surface area (Å²) in [6, 6.07) is 5.57. The lowest BCUT2D eigenvalue weighted by molar-refractivity contribution is -0.132. The van der Waals surface area contributed by atoms with Gasteiger partial charge in [0.2, 0.25) is 15.9 Å². The Morgan fingerprint density at radius 3 is 2.40 bits per heavy atom. The molecule has 1 saturated heterocycles. The number of piperidine rings is 1. The molecule has 0 unspecified atom stereocenters. The first-order chi connectivity index (χ1) is 11.8. The predicted molar refractivity (Wildman–Crippen MR) is 95.4 cm³/mol. The van der Waals surface area contributed by atoms with Crippen molar-refractivity contribution in [1.29, 1.82) is 0 Å². The number of hydrogen-bond donors (Lipinski definition) is 1. The van der Waals surface area contributed by atoms with Crippen LogP contribution in [0.2, 0.25) is 0 Å². The summed E-state index contributed by atoms with van der Waals surface area (Å²) < 4.78 is 35.6. The quantitative estimate of drug-likeness (QED) is 0.779. The second kappa shape index (κ2) is 8.53. The molecule has 2 rings (SSSR count). The van der Waals surface area contributed by atoms with Gasteiger partial charge in [0.05, 0.1) is 20.5 Å². The molecule has 140 valence electrons. The Hall–Kier alpha value is -1.80. The van der Waals surface area contributed by atoms with E-state index in [1.807, 2.05) is 18.2 Å². The number of likely N-dealkylation sites (tertiary alicyclic amines) is 1. The van der Waals surface area contributed by atoms with Gasteiger partial charge in [-0.15, -0.1) is 0 Å². The standard InChI is InChI=1S/C17H26N2O5S/c1-23-15-6-4-13(12-16(15)24-2)5-7-17(20)19-10-8-14(9-11-19)18-25(3,21)22/h4,6,12,14,18H,5,7-11H2,1-3H3. The topological polar surface area (TPSA) is 84.9 Å². The minimum absolute atomic E-state index is 0.0788. The molecule has 0 aliphatic carbocycles. The van der Waals surface area contributed by atoms with Crippen LogP contribution in [0.25, 0.3) is 0 Å². The van der Waals surface area contributed by atoms with Crippen LogP contribution >= 0.6 is 0 Å². The first-order valence-electron chi connectivity index (χ1n) is 8.28. The maximum absolute atomic E-state index is 12.4. The summed E-state index contributed by atoms with van der Waals surface area (Å²) in [6.07, 6.45) is 3.50. The molecule has 0 bridgehead atoms. The van der Waals surface area contributed by atoms with Gasteiger partial charge in [-0.1, -0.05) is 6.07 Å². The lowest BCUT2D eigenvalue weighted by Crippen LogP contribution is -2.46. The fourth-order valence-corrected chi connectivity index (χ4v) is 3.84. The van der Waals surface area contributed by atoms with Gasteiger partial charge in [-0.2, -0.15) is 0 Å². The highest BCUT2D eigenvalue weighted by atomic mass is 32.2. The molecule has 1 aromatic carbocycles. The van der Waals surface area contributed by atoms with Crippen LogP contribution in [0.3, 0.4) is 0 Å². The molecule has 1 fully saturated rings. The van der Waals surface area contributed by atoms with E-state index >= 15 is 0 Å². The zero-order chi connectivity index (χ0) is 18.4. The van der Waals surface area contributed by atoms with E-state index in [2.05, 4.69) is 4.72 Å². The number of sulfonamides is 1. The monoisotopic (exact) mass is 370 g/mol. The molecule has 1 amide bonds. The van der Waals surface area contributed by atoms with Crippen molar-refractivity contribution in [2.24, 2.45) is 0 Å². The van der Waals surface area contributed by atoms with Crippen LogP contribution in [0.1, 0.15) is 24.8 Å². The van der Waals surface area contributed by atoms with Crippen molar-refractivity contribution >= 4 is 15.9 Å². The van der Waals surface area contributed by atoms with Crippen LogP contribution in [0.5, 0.6) is 11.5 Å². The van der Waals surface area contributed by atoms with Crippen molar-refractivity contribution in [3.8, 4) is 11.5 Å².